The van der Waals surface area contributed by atoms with Crippen LogP contribution in [-0.4, -0.2) is 31.6 Å². The fraction of sp³-hybridized carbons (Fsp3) is 0.143. The van der Waals surface area contributed by atoms with Crippen molar-refractivity contribution in [3.8, 4) is 16.9 Å². The van der Waals surface area contributed by atoms with E-state index in [0.29, 0.717) is 15.3 Å². The van der Waals surface area contributed by atoms with Gasteiger partial charge in [-0.25, -0.2) is 4.68 Å². The number of thioether (sulfide) groups is 1. The molecule has 4 aromatic rings. The molecule has 0 aliphatic rings. The average molecular weight is 437 g/mol. The Bertz CT molecular complexity index is 1170. The zero-order valence-corrected chi connectivity index (χ0v) is 18.1. The van der Waals surface area contributed by atoms with Gasteiger partial charge in [-0.2, -0.15) is 5.10 Å². The number of nitrogen functional groups attached to an aromatic ring is 1. The predicted molar refractivity (Wildman–Crippen MR) is 122 cm³/mol. The Morgan fingerprint density at radius 3 is 2.50 bits per heavy atom. The van der Waals surface area contributed by atoms with Crippen molar-refractivity contribution in [2.75, 3.05) is 16.8 Å². The number of aromatic nitrogens is 4. The number of para-hydroxylation sites is 1. The number of carbonyl (C=O) groups excluding carboxylic acids is 1. The summed E-state index contributed by atoms with van der Waals surface area (Å²) in [5.41, 5.74) is 10.6. The Kier molecular flexibility index (Phi) is 5.82. The maximum atomic E-state index is 12.6. The monoisotopic (exact) mass is 436 g/mol. The lowest BCUT2D eigenvalue weighted by Crippen LogP contribution is -2.16. The lowest BCUT2D eigenvalue weighted by Gasteiger charge is -2.08. The smallest absolute Gasteiger partial charge is 0.235 e. The minimum atomic E-state index is -0.155. The first kappa shape index (κ1) is 20.1. The summed E-state index contributed by atoms with van der Waals surface area (Å²) in [6.45, 7) is 4.12. The summed E-state index contributed by atoms with van der Waals surface area (Å²) in [7, 11) is 0. The van der Waals surface area contributed by atoms with Crippen LogP contribution in [0.1, 0.15) is 11.1 Å². The normalized spacial score (nSPS) is 10.9. The highest BCUT2D eigenvalue weighted by atomic mass is 32.2. The molecule has 152 valence electrons. The average Bonchev–Trinajstić information content (AvgIpc) is 3.32. The van der Waals surface area contributed by atoms with E-state index in [2.05, 4.69) is 47.6 Å². The number of hydrogen-bond acceptors (Lipinski definition) is 7. The third-order valence-electron chi connectivity index (χ3n) is 4.24. The van der Waals surface area contributed by atoms with Crippen LogP contribution in [0.3, 0.4) is 0 Å². The minimum absolute atomic E-state index is 0.155. The first-order valence-corrected chi connectivity index (χ1v) is 11.0. The van der Waals surface area contributed by atoms with Gasteiger partial charge < -0.3 is 11.1 Å². The van der Waals surface area contributed by atoms with Crippen molar-refractivity contribution in [3.05, 3.63) is 65.7 Å². The Labute approximate surface area is 182 Å². The topological polar surface area (TPSA) is 98.7 Å². The zero-order valence-electron chi connectivity index (χ0n) is 16.5. The summed E-state index contributed by atoms with van der Waals surface area (Å²) >= 11 is 2.56. The number of aryl methyl sites for hydroxylation is 2. The number of hydrogen-bond donors (Lipinski definition) is 2. The van der Waals surface area contributed by atoms with Crippen molar-refractivity contribution in [1.29, 1.82) is 0 Å². The van der Waals surface area contributed by atoms with Gasteiger partial charge in [-0.15, -0.1) is 10.2 Å². The van der Waals surface area contributed by atoms with Crippen LogP contribution >= 0.6 is 23.1 Å². The molecule has 0 bridgehead atoms. The number of amides is 1. The van der Waals surface area contributed by atoms with Crippen LogP contribution in [0.15, 0.2) is 58.9 Å². The number of nitrogens with two attached hydrogens (primary N) is 1. The van der Waals surface area contributed by atoms with E-state index in [9.17, 15) is 4.79 Å². The molecule has 30 heavy (non-hydrogen) atoms. The summed E-state index contributed by atoms with van der Waals surface area (Å²) in [5.74, 6) is 0.656. The molecule has 0 fully saturated rings. The molecule has 2 aromatic carbocycles. The van der Waals surface area contributed by atoms with E-state index < -0.39 is 0 Å². The molecule has 1 amide bonds. The van der Waals surface area contributed by atoms with E-state index >= 15 is 0 Å². The van der Waals surface area contributed by atoms with Gasteiger partial charge in [0.2, 0.25) is 11.0 Å². The minimum Gasteiger partial charge on any atom is -0.374 e. The zero-order chi connectivity index (χ0) is 21.1. The molecule has 0 atom stereocenters. The van der Waals surface area contributed by atoms with E-state index in [1.165, 1.54) is 23.1 Å². The number of nitrogens with one attached hydrogen (secondary N) is 1. The number of carbonyl (C=O) groups is 1. The Morgan fingerprint density at radius 2 is 1.83 bits per heavy atom. The van der Waals surface area contributed by atoms with Crippen molar-refractivity contribution >= 4 is 40.0 Å². The van der Waals surface area contributed by atoms with Crippen LogP contribution in [0.5, 0.6) is 0 Å². The molecular formula is C21H20N6OS2. The molecule has 0 aliphatic carbocycles. The van der Waals surface area contributed by atoms with Crippen molar-refractivity contribution in [1.82, 2.24) is 20.0 Å². The lowest BCUT2D eigenvalue weighted by atomic mass is 10.1. The van der Waals surface area contributed by atoms with Crippen LogP contribution in [0, 0.1) is 13.8 Å². The van der Waals surface area contributed by atoms with Crippen LogP contribution in [0.4, 0.5) is 10.9 Å². The molecular weight excluding hydrogens is 416 g/mol. The van der Waals surface area contributed by atoms with E-state index in [4.69, 9.17) is 10.8 Å². The second kappa shape index (κ2) is 8.68. The molecule has 0 aliphatic heterocycles. The van der Waals surface area contributed by atoms with Crippen LogP contribution in [0.2, 0.25) is 0 Å². The van der Waals surface area contributed by atoms with Crippen molar-refractivity contribution < 1.29 is 4.79 Å². The van der Waals surface area contributed by atoms with Gasteiger partial charge in [0.25, 0.3) is 0 Å². The molecule has 0 saturated heterocycles. The van der Waals surface area contributed by atoms with Crippen LogP contribution < -0.4 is 11.1 Å². The van der Waals surface area contributed by atoms with Crippen molar-refractivity contribution in [3.63, 3.8) is 0 Å². The summed E-state index contributed by atoms with van der Waals surface area (Å²) in [6.07, 6.45) is 0. The molecule has 3 N–H and O–H groups in total. The van der Waals surface area contributed by atoms with Gasteiger partial charge in [-0.1, -0.05) is 58.5 Å². The number of anilines is 2. The largest absolute Gasteiger partial charge is 0.374 e. The van der Waals surface area contributed by atoms with Gasteiger partial charge in [-0.05, 0) is 38.1 Å². The molecule has 0 unspecified atom stereocenters. The SMILES string of the molecule is Cc1cc(C)cc(-c2cc(NC(=O)CSc3nnc(N)s3)n(-c3ccccc3)n2)c1. The summed E-state index contributed by atoms with van der Waals surface area (Å²) < 4.78 is 2.41. The van der Waals surface area contributed by atoms with E-state index in [-0.39, 0.29) is 11.7 Å². The third-order valence-corrected chi connectivity index (χ3v) is 6.13. The van der Waals surface area contributed by atoms with Gasteiger partial charge in [0.05, 0.1) is 17.1 Å². The first-order chi connectivity index (χ1) is 14.5. The van der Waals surface area contributed by atoms with Crippen LogP contribution in [-0.2, 0) is 4.79 Å². The lowest BCUT2D eigenvalue weighted by molar-refractivity contribution is -0.113. The van der Waals surface area contributed by atoms with Crippen LogP contribution in [0.25, 0.3) is 16.9 Å². The van der Waals surface area contributed by atoms with Crippen molar-refractivity contribution in [2.45, 2.75) is 18.2 Å². The van der Waals surface area contributed by atoms with E-state index in [1.807, 2.05) is 36.4 Å². The number of benzene rings is 2. The van der Waals surface area contributed by atoms with Gasteiger partial charge in [0, 0.05) is 11.6 Å². The number of nitrogens with zero attached hydrogens (tertiary/aromatic N) is 4. The molecule has 9 heteroatoms. The fourth-order valence-corrected chi connectivity index (χ4v) is 4.52. The maximum absolute atomic E-state index is 12.6. The van der Waals surface area contributed by atoms with E-state index in [1.54, 1.807) is 4.68 Å². The number of rotatable bonds is 6. The van der Waals surface area contributed by atoms with E-state index in [0.717, 1.165) is 28.1 Å². The molecule has 7 nitrogen and oxygen atoms in total. The Balaban J connectivity index is 1.61. The summed E-state index contributed by atoms with van der Waals surface area (Å²) in [6, 6.07) is 17.9. The summed E-state index contributed by atoms with van der Waals surface area (Å²) in [5, 5.41) is 15.8. The molecule has 2 aromatic heterocycles. The molecule has 0 radical (unpaired) electrons. The molecule has 2 heterocycles. The van der Waals surface area contributed by atoms with Gasteiger partial charge >= 0.3 is 0 Å². The fourth-order valence-electron chi connectivity index (χ4n) is 3.08. The van der Waals surface area contributed by atoms with Crippen molar-refractivity contribution in [2.24, 2.45) is 0 Å². The highest BCUT2D eigenvalue weighted by Gasteiger charge is 2.15. The molecule has 0 saturated carbocycles. The summed E-state index contributed by atoms with van der Waals surface area (Å²) in [4.78, 5) is 12.6. The predicted octanol–water partition coefficient (Wildman–Crippen LogP) is 4.32. The van der Waals surface area contributed by atoms with Gasteiger partial charge in [0.15, 0.2) is 4.34 Å². The highest BCUT2D eigenvalue weighted by Crippen LogP contribution is 2.27. The molecule has 4 rings (SSSR count). The second-order valence-corrected chi connectivity index (χ2v) is 9.01. The third kappa shape index (κ3) is 4.69. The highest BCUT2D eigenvalue weighted by molar-refractivity contribution is 8.01. The van der Waals surface area contributed by atoms with Gasteiger partial charge in [0.1, 0.15) is 5.82 Å². The standard InChI is InChI=1S/C21H20N6OS2/c1-13-8-14(2)10-15(9-13)17-11-18(27(26-17)16-6-4-3-5-7-16)23-19(28)12-29-21-25-24-20(22)30-21/h3-11H,12H2,1-2H3,(H2,22,24)(H,23,28). The van der Waals surface area contributed by atoms with Gasteiger partial charge in [-0.3, -0.25) is 4.79 Å². The second-order valence-electron chi connectivity index (χ2n) is 6.78. The Morgan fingerprint density at radius 1 is 1.10 bits per heavy atom. The molecule has 0 spiro atoms. The quantitative estimate of drug-likeness (QED) is 0.437. The maximum Gasteiger partial charge on any atom is 0.235 e. The Hall–Kier alpha value is -3.17. The first-order valence-electron chi connectivity index (χ1n) is 9.24.